The van der Waals surface area contributed by atoms with E-state index in [1.807, 2.05) is 11.3 Å². The minimum Gasteiger partial charge on any atom is -0.314 e. The van der Waals surface area contributed by atoms with Gasteiger partial charge in [-0.2, -0.15) is 0 Å². The molecule has 1 aromatic rings. The van der Waals surface area contributed by atoms with Crippen molar-refractivity contribution in [1.82, 2.24) is 5.32 Å². The Labute approximate surface area is 123 Å². The first-order valence-electron chi connectivity index (χ1n) is 8.01. The van der Waals surface area contributed by atoms with Crippen LogP contribution in [0.2, 0.25) is 0 Å². The van der Waals surface area contributed by atoms with Crippen LogP contribution in [0.1, 0.15) is 68.5 Å². The number of thiophene rings is 1. The number of hydrogen-bond donors (Lipinski definition) is 1. The molecule has 110 valence electrons. The Morgan fingerprint density at radius 2 is 1.74 bits per heavy atom. The molecule has 0 saturated carbocycles. The third-order valence-electron chi connectivity index (χ3n) is 3.58. The molecular weight excluding hydrogens is 250 g/mol. The number of aryl methyl sites for hydroxylation is 1. The van der Waals surface area contributed by atoms with Crippen molar-refractivity contribution in [2.75, 3.05) is 6.54 Å². The molecule has 1 rings (SSSR count). The Morgan fingerprint density at radius 3 is 2.37 bits per heavy atom. The van der Waals surface area contributed by atoms with E-state index in [2.05, 4.69) is 38.2 Å². The average molecular weight is 282 g/mol. The molecule has 0 saturated heterocycles. The summed E-state index contributed by atoms with van der Waals surface area (Å²) in [6, 6.07) is 5.10. The fourth-order valence-electron chi connectivity index (χ4n) is 2.40. The van der Waals surface area contributed by atoms with Gasteiger partial charge in [0.2, 0.25) is 0 Å². The molecule has 0 spiro atoms. The van der Waals surface area contributed by atoms with E-state index in [-0.39, 0.29) is 0 Å². The lowest BCUT2D eigenvalue weighted by molar-refractivity contribution is 0.511. The van der Waals surface area contributed by atoms with Crippen LogP contribution in [0.3, 0.4) is 0 Å². The molecule has 2 heteroatoms. The molecule has 0 aromatic carbocycles. The van der Waals surface area contributed by atoms with E-state index in [0.717, 1.165) is 0 Å². The summed E-state index contributed by atoms with van der Waals surface area (Å²) in [5.74, 6) is 0. The molecule has 1 N–H and O–H groups in total. The Morgan fingerprint density at radius 1 is 1.05 bits per heavy atom. The average Bonchev–Trinajstić information content (AvgIpc) is 2.78. The number of hydrogen-bond acceptors (Lipinski definition) is 2. The number of rotatable bonds is 11. The van der Waals surface area contributed by atoms with Crippen molar-refractivity contribution in [3.8, 4) is 0 Å². The highest BCUT2D eigenvalue weighted by molar-refractivity contribution is 7.11. The molecule has 1 nitrogen and oxygen atoms in total. The zero-order valence-electron chi connectivity index (χ0n) is 13.0. The van der Waals surface area contributed by atoms with Gasteiger partial charge < -0.3 is 5.32 Å². The first-order chi connectivity index (χ1) is 9.22. The summed E-state index contributed by atoms with van der Waals surface area (Å²) in [5.41, 5.74) is 0. The largest absolute Gasteiger partial charge is 0.314 e. The summed E-state index contributed by atoms with van der Waals surface area (Å²) >= 11 is 1.93. The summed E-state index contributed by atoms with van der Waals surface area (Å²) < 4.78 is 0. The maximum atomic E-state index is 3.65. The molecule has 1 aromatic heterocycles. The van der Waals surface area contributed by atoms with Gasteiger partial charge >= 0.3 is 0 Å². The van der Waals surface area contributed by atoms with E-state index >= 15 is 0 Å². The Kier molecular flexibility index (Phi) is 9.19. The van der Waals surface area contributed by atoms with Crippen LogP contribution in [0, 0.1) is 6.92 Å². The van der Waals surface area contributed by atoms with Crippen molar-refractivity contribution in [3.63, 3.8) is 0 Å². The standard InChI is InChI=1S/C17H31NS/c1-4-5-6-7-8-9-10-13-18-15(2)14-17-12-11-16(3)19-17/h11-12,15,18H,4-10,13-14H2,1-3H3. The van der Waals surface area contributed by atoms with Crippen molar-refractivity contribution in [2.45, 2.75) is 78.2 Å². The van der Waals surface area contributed by atoms with Gasteiger partial charge in [0, 0.05) is 15.8 Å². The molecule has 0 amide bonds. The SMILES string of the molecule is CCCCCCCCCNC(C)Cc1ccc(C)s1. The zero-order valence-corrected chi connectivity index (χ0v) is 13.8. The second kappa shape index (κ2) is 10.4. The Bertz CT molecular complexity index is 319. The maximum Gasteiger partial charge on any atom is 0.00870 e. The molecule has 19 heavy (non-hydrogen) atoms. The third-order valence-corrected chi connectivity index (χ3v) is 4.60. The van der Waals surface area contributed by atoms with Gasteiger partial charge in [-0.25, -0.2) is 0 Å². The van der Waals surface area contributed by atoms with Crippen molar-refractivity contribution >= 4 is 11.3 Å². The smallest absolute Gasteiger partial charge is 0.00870 e. The van der Waals surface area contributed by atoms with Gasteiger partial charge in [-0.3, -0.25) is 0 Å². The molecule has 0 bridgehead atoms. The second-order valence-electron chi connectivity index (χ2n) is 5.69. The molecule has 0 radical (unpaired) electrons. The summed E-state index contributed by atoms with van der Waals surface area (Å²) in [5, 5.41) is 3.65. The van der Waals surface area contributed by atoms with Crippen molar-refractivity contribution in [2.24, 2.45) is 0 Å². The van der Waals surface area contributed by atoms with E-state index in [0.29, 0.717) is 6.04 Å². The van der Waals surface area contributed by atoms with E-state index in [9.17, 15) is 0 Å². The van der Waals surface area contributed by atoms with Crippen molar-refractivity contribution < 1.29 is 0 Å². The monoisotopic (exact) mass is 281 g/mol. The highest BCUT2D eigenvalue weighted by Gasteiger charge is 2.04. The summed E-state index contributed by atoms with van der Waals surface area (Å²) in [4.78, 5) is 2.94. The third kappa shape index (κ3) is 8.43. The predicted octanol–water partition coefficient (Wildman–Crippen LogP) is 5.33. The zero-order chi connectivity index (χ0) is 13.9. The predicted molar refractivity (Wildman–Crippen MR) is 88.2 cm³/mol. The Hall–Kier alpha value is -0.340. The molecule has 1 atom stereocenters. The van der Waals surface area contributed by atoms with Crippen molar-refractivity contribution in [3.05, 3.63) is 21.9 Å². The summed E-state index contributed by atoms with van der Waals surface area (Å²) in [6.45, 7) is 7.95. The first kappa shape index (κ1) is 16.7. The van der Waals surface area contributed by atoms with Gasteiger partial charge in [0.25, 0.3) is 0 Å². The Balaban J connectivity index is 1.94. The van der Waals surface area contributed by atoms with E-state index in [1.165, 1.54) is 67.7 Å². The van der Waals surface area contributed by atoms with Crippen LogP contribution in [0.25, 0.3) is 0 Å². The van der Waals surface area contributed by atoms with Crippen LogP contribution in [0.5, 0.6) is 0 Å². The topological polar surface area (TPSA) is 12.0 Å². The lowest BCUT2D eigenvalue weighted by Gasteiger charge is -2.12. The van der Waals surface area contributed by atoms with Crippen LogP contribution in [-0.2, 0) is 6.42 Å². The molecule has 1 heterocycles. The van der Waals surface area contributed by atoms with Crippen LogP contribution in [0.4, 0.5) is 0 Å². The van der Waals surface area contributed by atoms with Gasteiger partial charge in [0.15, 0.2) is 0 Å². The highest BCUT2D eigenvalue weighted by atomic mass is 32.1. The number of nitrogens with one attached hydrogen (secondary N) is 1. The van der Waals surface area contributed by atoms with Crippen molar-refractivity contribution in [1.29, 1.82) is 0 Å². The van der Waals surface area contributed by atoms with Crippen LogP contribution in [-0.4, -0.2) is 12.6 Å². The summed E-state index contributed by atoms with van der Waals surface area (Å²) in [6.07, 6.45) is 10.9. The quantitative estimate of drug-likeness (QED) is 0.541. The first-order valence-corrected chi connectivity index (χ1v) is 8.82. The van der Waals surface area contributed by atoms with Gasteiger partial charge in [0.1, 0.15) is 0 Å². The molecule has 1 unspecified atom stereocenters. The lowest BCUT2D eigenvalue weighted by atomic mass is 10.1. The molecule has 0 aliphatic rings. The fraction of sp³-hybridized carbons (Fsp3) is 0.765. The van der Waals surface area contributed by atoms with E-state index in [1.54, 1.807) is 0 Å². The van der Waals surface area contributed by atoms with Gasteiger partial charge in [-0.05, 0) is 45.4 Å². The number of unbranched alkanes of at least 4 members (excludes halogenated alkanes) is 6. The second-order valence-corrected chi connectivity index (χ2v) is 7.07. The van der Waals surface area contributed by atoms with Crippen LogP contribution in [0.15, 0.2) is 12.1 Å². The summed E-state index contributed by atoms with van der Waals surface area (Å²) in [7, 11) is 0. The minimum absolute atomic E-state index is 0.609. The molecule has 0 aliphatic carbocycles. The molecule has 0 aliphatic heterocycles. The highest BCUT2D eigenvalue weighted by Crippen LogP contribution is 2.16. The maximum absolute atomic E-state index is 3.65. The lowest BCUT2D eigenvalue weighted by Crippen LogP contribution is -2.28. The van der Waals surface area contributed by atoms with Gasteiger partial charge in [-0.15, -0.1) is 11.3 Å². The fourth-order valence-corrected chi connectivity index (χ4v) is 3.42. The van der Waals surface area contributed by atoms with Gasteiger partial charge in [0.05, 0.1) is 0 Å². The van der Waals surface area contributed by atoms with E-state index in [4.69, 9.17) is 0 Å². The normalized spacial score (nSPS) is 12.8. The molecule has 0 fully saturated rings. The van der Waals surface area contributed by atoms with Crippen LogP contribution < -0.4 is 5.32 Å². The van der Waals surface area contributed by atoms with Gasteiger partial charge in [-0.1, -0.05) is 45.4 Å². The van der Waals surface area contributed by atoms with E-state index < -0.39 is 0 Å². The molecular formula is C17H31NS. The minimum atomic E-state index is 0.609. The van der Waals surface area contributed by atoms with Crippen LogP contribution >= 0.6 is 11.3 Å².